The first-order valence-corrected chi connectivity index (χ1v) is 9.83. The Morgan fingerprint density at radius 1 is 1.29 bits per heavy atom. The lowest BCUT2D eigenvalue weighted by atomic mass is 9.95. The van der Waals surface area contributed by atoms with Crippen molar-refractivity contribution in [1.29, 1.82) is 0 Å². The number of ether oxygens (including phenoxy) is 1. The zero-order chi connectivity index (χ0) is 20.1. The van der Waals surface area contributed by atoms with Gasteiger partial charge in [-0.1, -0.05) is 31.4 Å². The molecular weight excluding hydrogens is 356 g/mol. The number of hydrogen-bond acceptors (Lipinski definition) is 4. The van der Waals surface area contributed by atoms with Crippen molar-refractivity contribution in [2.24, 2.45) is 0 Å². The summed E-state index contributed by atoms with van der Waals surface area (Å²) in [6.07, 6.45) is 8.78. The van der Waals surface area contributed by atoms with E-state index in [1.54, 1.807) is 6.08 Å². The van der Waals surface area contributed by atoms with E-state index in [9.17, 15) is 14.7 Å². The first kappa shape index (κ1) is 20.1. The van der Waals surface area contributed by atoms with Gasteiger partial charge in [-0.15, -0.1) is 0 Å². The number of nitrogens with one attached hydrogen (secondary N) is 1. The van der Waals surface area contributed by atoms with E-state index in [1.807, 2.05) is 25.1 Å². The van der Waals surface area contributed by atoms with Crippen LogP contribution in [0.2, 0.25) is 0 Å². The van der Waals surface area contributed by atoms with Crippen LogP contribution in [-0.4, -0.2) is 35.2 Å². The quantitative estimate of drug-likeness (QED) is 0.591. The van der Waals surface area contributed by atoms with Gasteiger partial charge in [0.05, 0.1) is 19.3 Å². The lowest BCUT2D eigenvalue weighted by Gasteiger charge is -2.26. The molecule has 0 atom stereocenters. The molecule has 0 unspecified atom stereocenters. The molecule has 150 valence electrons. The summed E-state index contributed by atoms with van der Waals surface area (Å²) in [5.41, 5.74) is 3.42. The van der Waals surface area contributed by atoms with Crippen molar-refractivity contribution in [1.82, 2.24) is 9.88 Å². The summed E-state index contributed by atoms with van der Waals surface area (Å²) in [4.78, 5) is 24.1. The monoisotopic (exact) mass is 384 g/mol. The SMILES string of the molecule is COC(=O)/C=C/CNC(=O)c1c(C)n(C2CCCCC2)c2ccc(CO)cc12. The van der Waals surface area contributed by atoms with Crippen LogP contribution in [0.5, 0.6) is 0 Å². The molecule has 2 aromatic rings. The lowest BCUT2D eigenvalue weighted by molar-refractivity contribution is -0.134. The van der Waals surface area contributed by atoms with E-state index in [2.05, 4.69) is 14.6 Å². The van der Waals surface area contributed by atoms with Gasteiger partial charge in [0.15, 0.2) is 0 Å². The number of nitrogens with zero attached hydrogens (tertiary/aromatic N) is 1. The van der Waals surface area contributed by atoms with Crippen molar-refractivity contribution in [2.75, 3.05) is 13.7 Å². The molecule has 1 amide bonds. The topological polar surface area (TPSA) is 80.6 Å². The summed E-state index contributed by atoms with van der Waals surface area (Å²) < 4.78 is 6.85. The van der Waals surface area contributed by atoms with E-state index in [0.29, 0.717) is 11.6 Å². The van der Waals surface area contributed by atoms with Crippen molar-refractivity contribution < 1.29 is 19.4 Å². The molecule has 6 heteroatoms. The molecule has 1 fully saturated rings. The van der Waals surface area contributed by atoms with E-state index in [4.69, 9.17) is 0 Å². The molecule has 0 radical (unpaired) electrons. The van der Waals surface area contributed by atoms with E-state index in [1.165, 1.54) is 32.4 Å². The average Bonchev–Trinajstić information content (AvgIpc) is 3.02. The number of amides is 1. The van der Waals surface area contributed by atoms with E-state index >= 15 is 0 Å². The minimum absolute atomic E-state index is 0.0630. The summed E-state index contributed by atoms with van der Waals surface area (Å²) in [7, 11) is 1.31. The van der Waals surface area contributed by atoms with Crippen LogP contribution in [0.25, 0.3) is 10.9 Å². The first-order chi connectivity index (χ1) is 13.6. The zero-order valence-corrected chi connectivity index (χ0v) is 16.5. The van der Waals surface area contributed by atoms with E-state index in [-0.39, 0.29) is 19.1 Å². The van der Waals surface area contributed by atoms with Gasteiger partial charge in [0.1, 0.15) is 0 Å². The summed E-state index contributed by atoms with van der Waals surface area (Å²) >= 11 is 0. The smallest absolute Gasteiger partial charge is 0.330 e. The molecule has 28 heavy (non-hydrogen) atoms. The van der Waals surface area contributed by atoms with Crippen molar-refractivity contribution in [3.05, 3.63) is 47.2 Å². The summed E-state index contributed by atoms with van der Waals surface area (Å²) in [6, 6.07) is 6.23. The van der Waals surface area contributed by atoms with Gasteiger partial charge in [-0.05, 0) is 37.5 Å². The Balaban J connectivity index is 1.95. The van der Waals surface area contributed by atoms with Crippen LogP contribution in [0.3, 0.4) is 0 Å². The summed E-state index contributed by atoms with van der Waals surface area (Å²) in [6.45, 7) is 2.17. The van der Waals surface area contributed by atoms with Crippen molar-refractivity contribution >= 4 is 22.8 Å². The highest BCUT2D eigenvalue weighted by molar-refractivity contribution is 6.08. The fraction of sp³-hybridized carbons (Fsp3) is 0.455. The maximum absolute atomic E-state index is 13.0. The highest BCUT2D eigenvalue weighted by atomic mass is 16.5. The Morgan fingerprint density at radius 2 is 2.04 bits per heavy atom. The zero-order valence-electron chi connectivity index (χ0n) is 16.5. The van der Waals surface area contributed by atoms with Crippen LogP contribution in [-0.2, 0) is 16.1 Å². The first-order valence-electron chi connectivity index (χ1n) is 9.83. The summed E-state index contributed by atoms with van der Waals surface area (Å²) in [5, 5.41) is 13.3. The fourth-order valence-electron chi connectivity index (χ4n) is 4.15. The van der Waals surface area contributed by atoms with Crippen LogP contribution in [0.1, 0.15) is 59.8 Å². The molecule has 0 aliphatic heterocycles. The molecule has 0 saturated heterocycles. The van der Waals surface area contributed by atoms with Gasteiger partial charge in [0, 0.05) is 35.3 Å². The number of aromatic nitrogens is 1. The second-order valence-corrected chi connectivity index (χ2v) is 7.27. The highest BCUT2D eigenvalue weighted by Gasteiger charge is 2.25. The Labute approximate surface area is 165 Å². The van der Waals surface area contributed by atoms with Gasteiger partial charge < -0.3 is 19.7 Å². The summed E-state index contributed by atoms with van der Waals surface area (Å²) in [5.74, 6) is -0.631. The van der Waals surface area contributed by atoms with Crippen LogP contribution < -0.4 is 5.32 Å². The number of rotatable bonds is 6. The van der Waals surface area contributed by atoms with E-state index in [0.717, 1.165) is 35.0 Å². The van der Waals surface area contributed by atoms with Crippen LogP contribution in [0.15, 0.2) is 30.4 Å². The number of fused-ring (bicyclic) bond motifs is 1. The third-order valence-electron chi connectivity index (χ3n) is 5.50. The molecule has 2 N–H and O–H groups in total. The minimum Gasteiger partial charge on any atom is -0.466 e. The molecule has 1 saturated carbocycles. The Kier molecular flexibility index (Phi) is 6.52. The molecular formula is C22H28N2O4. The molecule has 0 spiro atoms. The van der Waals surface area contributed by atoms with Gasteiger partial charge >= 0.3 is 5.97 Å². The number of carbonyl (C=O) groups is 2. The molecule has 1 aliphatic rings. The normalized spacial score (nSPS) is 15.2. The predicted octanol–water partition coefficient (Wildman–Crippen LogP) is 3.41. The number of benzene rings is 1. The van der Waals surface area contributed by atoms with E-state index < -0.39 is 5.97 Å². The van der Waals surface area contributed by atoms with Crippen LogP contribution in [0, 0.1) is 6.92 Å². The molecule has 1 heterocycles. The molecule has 0 bridgehead atoms. The molecule has 6 nitrogen and oxygen atoms in total. The minimum atomic E-state index is -0.452. The Hall–Kier alpha value is -2.60. The number of hydrogen-bond donors (Lipinski definition) is 2. The third-order valence-corrected chi connectivity index (χ3v) is 5.50. The van der Waals surface area contributed by atoms with Crippen LogP contribution in [0.4, 0.5) is 0 Å². The van der Waals surface area contributed by atoms with Gasteiger partial charge in [-0.25, -0.2) is 4.79 Å². The van der Waals surface area contributed by atoms with Crippen molar-refractivity contribution in [3.63, 3.8) is 0 Å². The third kappa shape index (κ3) is 4.12. The lowest BCUT2D eigenvalue weighted by Crippen LogP contribution is -2.24. The maximum Gasteiger partial charge on any atom is 0.330 e. The molecule has 1 aromatic carbocycles. The standard InChI is InChI=1S/C22H28N2O4/c1-15-21(22(27)23-12-6-9-20(26)28-2)18-13-16(14-25)10-11-19(18)24(15)17-7-4-3-5-8-17/h6,9-11,13,17,25H,3-5,7-8,12,14H2,1-2H3,(H,23,27)/b9-6+. The van der Waals surface area contributed by atoms with Crippen molar-refractivity contribution in [2.45, 2.75) is 51.7 Å². The highest BCUT2D eigenvalue weighted by Crippen LogP contribution is 2.36. The Morgan fingerprint density at radius 3 is 2.71 bits per heavy atom. The number of aliphatic hydroxyl groups excluding tert-OH is 1. The number of esters is 1. The van der Waals surface area contributed by atoms with Gasteiger partial charge in [0.2, 0.25) is 0 Å². The van der Waals surface area contributed by atoms with Gasteiger partial charge in [0.25, 0.3) is 5.91 Å². The molecule has 1 aromatic heterocycles. The van der Waals surface area contributed by atoms with Crippen LogP contribution >= 0.6 is 0 Å². The van der Waals surface area contributed by atoms with Crippen molar-refractivity contribution in [3.8, 4) is 0 Å². The fourth-order valence-corrected chi connectivity index (χ4v) is 4.15. The number of aliphatic hydroxyl groups is 1. The van der Waals surface area contributed by atoms with Gasteiger partial charge in [-0.2, -0.15) is 0 Å². The largest absolute Gasteiger partial charge is 0.466 e. The second kappa shape index (κ2) is 9.06. The molecule has 3 rings (SSSR count). The second-order valence-electron chi connectivity index (χ2n) is 7.27. The Bertz CT molecular complexity index is 892. The maximum atomic E-state index is 13.0. The number of methoxy groups -OCH3 is 1. The number of carbonyl (C=O) groups excluding carboxylic acids is 2. The average molecular weight is 384 g/mol. The predicted molar refractivity (Wildman–Crippen MR) is 108 cm³/mol. The van der Waals surface area contributed by atoms with Gasteiger partial charge in [-0.3, -0.25) is 4.79 Å². The molecule has 1 aliphatic carbocycles.